The van der Waals surface area contributed by atoms with Gasteiger partial charge in [0.15, 0.2) is 0 Å². The quantitative estimate of drug-likeness (QED) is 0.534. The Labute approximate surface area is 115 Å². The van der Waals surface area contributed by atoms with Crippen LogP contribution >= 0.6 is 0 Å². The number of rotatable bonds is 7. The molecule has 0 heterocycles. The fraction of sp³-hybridized carbons (Fsp3) is 0.583. The highest BCUT2D eigenvalue weighted by Gasteiger charge is 2.42. The maximum atomic E-state index is 14.0. The molecule has 0 aliphatic carbocycles. The third kappa shape index (κ3) is 6.19. The monoisotopic (exact) mass is 313 g/mol. The van der Waals surface area contributed by atoms with E-state index < -0.39 is 39.6 Å². The molecule has 0 aromatic carbocycles. The molecule has 1 atom stereocenters. The summed E-state index contributed by atoms with van der Waals surface area (Å²) in [6.07, 6.45) is -1.86. The fourth-order valence-corrected chi connectivity index (χ4v) is 2.35. The molecule has 0 saturated heterocycles. The van der Waals surface area contributed by atoms with Crippen molar-refractivity contribution in [3.8, 4) is 6.07 Å². The van der Waals surface area contributed by atoms with Gasteiger partial charge in [-0.3, -0.25) is 0 Å². The topological polar surface area (TPSA) is 57.9 Å². The van der Waals surface area contributed by atoms with Gasteiger partial charge in [-0.1, -0.05) is 24.3 Å². The summed E-state index contributed by atoms with van der Waals surface area (Å²) < 4.78 is 72.8. The van der Waals surface area contributed by atoms with Gasteiger partial charge >= 0.3 is 6.18 Å². The van der Waals surface area contributed by atoms with Crippen molar-refractivity contribution < 1.29 is 26.0 Å². The summed E-state index contributed by atoms with van der Waals surface area (Å²) >= 11 is 0. The molecule has 0 aromatic heterocycles. The van der Waals surface area contributed by atoms with Crippen LogP contribution in [0.5, 0.6) is 0 Å². The first-order chi connectivity index (χ1) is 9.08. The summed E-state index contributed by atoms with van der Waals surface area (Å²) in [5, 5.41) is 5.58. The van der Waals surface area contributed by atoms with E-state index in [0.29, 0.717) is 0 Å². The number of sulfone groups is 1. The molecule has 0 amide bonds. The molecule has 0 bridgehead atoms. The molecule has 8 heteroatoms. The van der Waals surface area contributed by atoms with E-state index in [1.165, 1.54) is 12.2 Å². The number of halogens is 4. The Bertz CT molecular complexity index is 503. The van der Waals surface area contributed by atoms with Gasteiger partial charge in [0, 0.05) is 12.8 Å². The molecular weight excluding hydrogens is 298 g/mol. The van der Waals surface area contributed by atoms with E-state index in [0.717, 1.165) is 18.2 Å². The highest BCUT2D eigenvalue weighted by molar-refractivity contribution is 7.93. The van der Waals surface area contributed by atoms with E-state index >= 15 is 0 Å². The Morgan fingerprint density at radius 2 is 1.75 bits per heavy atom. The van der Waals surface area contributed by atoms with E-state index in [1.807, 2.05) is 0 Å². The molecule has 0 aliphatic rings. The molecule has 0 rings (SSSR count). The van der Waals surface area contributed by atoms with Crippen LogP contribution < -0.4 is 0 Å². The van der Waals surface area contributed by atoms with E-state index in [2.05, 4.69) is 0 Å². The van der Waals surface area contributed by atoms with Crippen LogP contribution in [-0.2, 0) is 9.84 Å². The Morgan fingerprint density at radius 1 is 1.15 bits per heavy atom. The first kappa shape index (κ1) is 18.6. The summed E-state index contributed by atoms with van der Waals surface area (Å²) in [5.41, 5.74) is 0. The zero-order valence-electron chi connectivity index (χ0n) is 10.8. The first-order valence-corrected chi connectivity index (χ1v) is 7.38. The van der Waals surface area contributed by atoms with Crippen LogP contribution in [0, 0.1) is 11.3 Å². The second-order valence-electron chi connectivity index (χ2n) is 4.02. The molecule has 20 heavy (non-hydrogen) atoms. The minimum absolute atomic E-state index is 0.389. The summed E-state index contributed by atoms with van der Waals surface area (Å²) in [6, 6.07) is 1.10. The summed E-state index contributed by atoms with van der Waals surface area (Å²) in [5.74, 6) is -0.813. The van der Waals surface area contributed by atoms with Crippen molar-refractivity contribution in [1.82, 2.24) is 0 Å². The molecule has 0 aromatic rings. The van der Waals surface area contributed by atoms with Crippen molar-refractivity contribution in [1.29, 1.82) is 5.26 Å². The molecule has 0 saturated carbocycles. The maximum absolute atomic E-state index is 14.0. The van der Waals surface area contributed by atoms with Gasteiger partial charge in [0.2, 0.25) is 9.84 Å². The minimum Gasteiger partial charge on any atom is -0.224 e. The lowest BCUT2D eigenvalue weighted by atomic mass is 10.3. The second-order valence-corrected chi connectivity index (χ2v) is 6.23. The number of alkyl halides is 4. The lowest BCUT2D eigenvalue weighted by Gasteiger charge is -2.14. The number of hydrogen-bond donors (Lipinski definition) is 0. The average Bonchev–Trinajstić information content (AvgIpc) is 2.33. The molecular formula is C12H15F4NO2S. The number of allylic oxidation sites excluding steroid dienone is 3. The number of nitrogens with zero attached hydrogens (tertiary/aromatic N) is 1. The Morgan fingerprint density at radius 3 is 2.20 bits per heavy atom. The van der Waals surface area contributed by atoms with Crippen LogP contribution in [0.4, 0.5) is 17.6 Å². The van der Waals surface area contributed by atoms with Crippen LogP contribution in [0.1, 0.15) is 26.2 Å². The predicted molar refractivity (Wildman–Crippen MR) is 67.1 cm³/mol. The zero-order valence-corrected chi connectivity index (χ0v) is 11.6. The maximum Gasteiger partial charge on any atom is 0.389 e. The zero-order chi connectivity index (χ0) is 15.9. The number of hydrogen-bond acceptors (Lipinski definition) is 3. The lowest BCUT2D eigenvalue weighted by molar-refractivity contribution is -0.133. The van der Waals surface area contributed by atoms with Gasteiger partial charge in [0.1, 0.15) is 6.07 Å². The van der Waals surface area contributed by atoms with Crippen LogP contribution in [0.15, 0.2) is 24.3 Å². The van der Waals surface area contributed by atoms with E-state index in [4.69, 9.17) is 5.26 Å². The second kappa shape index (κ2) is 7.43. The standard InChI is InChI=1S/C12H15F4NO2S/c1-2-3-7-11(13,10-17)20(18,19)9-6-4-5-8-12(14,15)16/h2-4,6H,5,7-9H2,1H3. The Hall–Kier alpha value is -1.36. The fourth-order valence-electron chi connectivity index (χ4n) is 1.20. The van der Waals surface area contributed by atoms with Crippen LogP contribution in [-0.4, -0.2) is 25.3 Å². The smallest absolute Gasteiger partial charge is 0.224 e. The first-order valence-electron chi connectivity index (χ1n) is 5.73. The van der Waals surface area contributed by atoms with Crippen molar-refractivity contribution >= 4 is 9.84 Å². The van der Waals surface area contributed by atoms with Crippen molar-refractivity contribution in [2.24, 2.45) is 0 Å². The van der Waals surface area contributed by atoms with Crippen molar-refractivity contribution in [3.63, 3.8) is 0 Å². The van der Waals surface area contributed by atoms with Gasteiger partial charge in [-0.25, -0.2) is 12.8 Å². The average molecular weight is 313 g/mol. The molecule has 114 valence electrons. The third-order valence-electron chi connectivity index (χ3n) is 2.35. The predicted octanol–water partition coefficient (Wildman–Crippen LogP) is 3.46. The van der Waals surface area contributed by atoms with Crippen molar-refractivity contribution in [2.45, 2.75) is 37.4 Å². The third-order valence-corrected chi connectivity index (χ3v) is 4.23. The molecule has 0 N–H and O–H groups in total. The van der Waals surface area contributed by atoms with Crippen LogP contribution in [0.3, 0.4) is 0 Å². The normalized spacial score (nSPS) is 16.4. The van der Waals surface area contributed by atoms with Gasteiger partial charge in [-0.05, 0) is 13.3 Å². The number of nitriles is 1. The Kier molecular flexibility index (Phi) is 6.92. The molecule has 0 aliphatic heterocycles. The van der Waals surface area contributed by atoms with Gasteiger partial charge < -0.3 is 0 Å². The van der Waals surface area contributed by atoms with Gasteiger partial charge in [0.25, 0.3) is 5.00 Å². The Balaban J connectivity index is 4.66. The summed E-state index contributed by atoms with van der Waals surface area (Å²) in [4.78, 5) is 0. The van der Waals surface area contributed by atoms with Crippen LogP contribution in [0.25, 0.3) is 0 Å². The SMILES string of the molecule is CC=CCC(F)(C#N)S(=O)(=O)CC=CCCC(F)(F)F. The van der Waals surface area contributed by atoms with Gasteiger partial charge in [-0.2, -0.15) is 18.4 Å². The molecule has 1 unspecified atom stereocenters. The summed E-state index contributed by atoms with van der Waals surface area (Å²) in [7, 11) is -4.41. The highest BCUT2D eigenvalue weighted by Crippen LogP contribution is 2.25. The molecule has 0 radical (unpaired) electrons. The largest absolute Gasteiger partial charge is 0.389 e. The molecule has 0 spiro atoms. The van der Waals surface area contributed by atoms with E-state index in [1.54, 1.807) is 6.92 Å². The van der Waals surface area contributed by atoms with E-state index in [9.17, 15) is 26.0 Å². The van der Waals surface area contributed by atoms with Crippen LogP contribution in [0.2, 0.25) is 0 Å². The summed E-state index contributed by atoms with van der Waals surface area (Å²) in [6.45, 7) is 1.54. The van der Waals surface area contributed by atoms with Crippen molar-refractivity contribution in [2.75, 3.05) is 5.75 Å². The van der Waals surface area contributed by atoms with Gasteiger partial charge in [0.05, 0.1) is 5.75 Å². The molecule has 0 fully saturated rings. The van der Waals surface area contributed by atoms with Gasteiger partial charge in [-0.15, -0.1) is 0 Å². The minimum atomic E-state index is -4.41. The van der Waals surface area contributed by atoms with E-state index in [-0.39, 0.29) is 6.42 Å². The highest BCUT2D eigenvalue weighted by atomic mass is 32.2. The lowest BCUT2D eigenvalue weighted by Crippen LogP contribution is -2.33. The van der Waals surface area contributed by atoms with Crippen molar-refractivity contribution in [3.05, 3.63) is 24.3 Å². The molecule has 3 nitrogen and oxygen atoms in total.